The summed E-state index contributed by atoms with van der Waals surface area (Å²) < 4.78 is 2.05. The molecule has 1 aromatic carbocycles. The van der Waals surface area contributed by atoms with E-state index in [1.165, 1.54) is 11.3 Å². The van der Waals surface area contributed by atoms with E-state index in [-0.39, 0.29) is 0 Å². The quantitative estimate of drug-likeness (QED) is 0.730. The van der Waals surface area contributed by atoms with Crippen molar-refractivity contribution in [3.63, 3.8) is 0 Å². The van der Waals surface area contributed by atoms with E-state index in [9.17, 15) is 0 Å². The lowest BCUT2D eigenvalue weighted by Gasteiger charge is -1.96. The number of fused-ring (bicyclic) bond motifs is 1. The molecule has 3 aromatic rings. The molecule has 0 saturated carbocycles. The highest BCUT2D eigenvalue weighted by molar-refractivity contribution is 7.13. The van der Waals surface area contributed by atoms with Crippen molar-refractivity contribution in [2.45, 2.75) is 0 Å². The Morgan fingerprint density at radius 2 is 2.24 bits per heavy atom. The molecule has 0 spiro atoms. The van der Waals surface area contributed by atoms with Crippen LogP contribution in [0.5, 0.6) is 0 Å². The molecule has 3 nitrogen and oxygen atoms in total. The van der Waals surface area contributed by atoms with Crippen LogP contribution in [0.1, 0.15) is 0 Å². The van der Waals surface area contributed by atoms with E-state index in [1.807, 2.05) is 35.2 Å². The number of nitrogens with two attached hydrogens (primary N) is 1. The van der Waals surface area contributed by atoms with Crippen molar-refractivity contribution in [3.05, 3.63) is 34.8 Å². The number of thiazole rings is 1. The van der Waals surface area contributed by atoms with Gasteiger partial charge in [-0.15, -0.1) is 11.3 Å². The highest BCUT2D eigenvalue weighted by Crippen LogP contribution is 2.32. The zero-order valence-corrected chi connectivity index (χ0v) is 10.7. The van der Waals surface area contributed by atoms with Gasteiger partial charge >= 0.3 is 0 Å². The maximum atomic E-state index is 6.00. The van der Waals surface area contributed by atoms with Crippen molar-refractivity contribution < 1.29 is 0 Å². The van der Waals surface area contributed by atoms with Crippen LogP contribution in [0.4, 0.5) is 5.13 Å². The van der Waals surface area contributed by atoms with Crippen LogP contribution in [0.25, 0.3) is 22.2 Å². The summed E-state index contributed by atoms with van der Waals surface area (Å²) in [6.45, 7) is 0. The van der Waals surface area contributed by atoms with Crippen LogP contribution >= 0.6 is 22.9 Å². The van der Waals surface area contributed by atoms with Gasteiger partial charge in [-0.25, -0.2) is 4.98 Å². The first kappa shape index (κ1) is 10.6. The molecule has 0 saturated heterocycles. The van der Waals surface area contributed by atoms with Gasteiger partial charge in [0.2, 0.25) is 0 Å². The van der Waals surface area contributed by atoms with E-state index in [1.54, 1.807) is 0 Å². The molecule has 0 fully saturated rings. The maximum Gasteiger partial charge on any atom is 0.180 e. The van der Waals surface area contributed by atoms with Crippen LogP contribution in [0.15, 0.2) is 29.8 Å². The Labute approximate surface area is 107 Å². The monoisotopic (exact) mass is 263 g/mol. The number of hydrogen-bond donors (Lipinski definition) is 1. The molecule has 0 amide bonds. The SMILES string of the molecule is Cn1cc(-c2csc(N)n2)c2ccc(Cl)cc21. The molecule has 2 N–H and O–H groups in total. The van der Waals surface area contributed by atoms with Crippen LogP contribution in [0, 0.1) is 0 Å². The van der Waals surface area contributed by atoms with Crippen molar-refractivity contribution in [2.75, 3.05) is 5.73 Å². The second-order valence-electron chi connectivity index (χ2n) is 3.89. The van der Waals surface area contributed by atoms with E-state index in [0.29, 0.717) is 5.13 Å². The molecule has 17 heavy (non-hydrogen) atoms. The van der Waals surface area contributed by atoms with Crippen LogP contribution < -0.4 is 5.73 Å². The second kappa shape index (κ2) is 3.75. The Morgan fingerprint density at radius 1 is 1.41 bits per heavy atom. The molecular weight excluding hydrogens is 254 g/mol. The van der Waals surface area contributed by atoms with Gasteiger partial charge in [-0.3, -0.25) is 0 Å². The standard InChI is InChI=1S/C12H10ClN3S/c1-16-5-9(10-6-17-12(14)15-10)8-3-2-7(13)4-11(8)16/h2-6H,1H3,(H2,14,15). The smallest absolute Gasteiger partial charge is 0.180 e. The number of anilines is 1. The topological polar surface area (TPSA) is 43.8 Å². The Balaban J connectivity index is 2.31. The highest BCUT2D eigenvalue weighted by atomic mass is 35.5. The van der Waals surface area contributed by atoms with Crippen LogP contribution in [0.3, 0.4) is 0 Å². The number of nitrogens with zero attached hydrogens (tertiary/aromatic N) is 2. The minimum Gasteiger partial charge on any atom is -0.375 e. The van der Waals surface area contributed by atoms with E-state index in [0.717, 1.165) is 27.2 Å². The van der Waals surface area contributed by atoms with Crippen molar-refractivity contribution in [1.82, 2.24) is 9.55 Å². The summed E-state index contributed by atoms with van der Waals surface area (Å²) in [5, 5.41) is 4.44. The molecule has 86 valence electrons. The van der Waals surface area contributed by atoms with E-state index < -0.39 is 0 Å². The van der Waals surface area contributed by atoms with Gasteiger partial charge in [0, 0.05) is 40.1 Å². The Hall–Kier alpha value is -1.52. The third kappa shape index (κ3) is 1.69. The fourth-order valence-corrected chi connectivity index (χ4v) is 2.70. The molecular formula is C12H10ClN3S. The lowest BCUT2D eigenvalue weighted by Crippen LogP contribution is -1.83. The first-order valence-corrected chi connectivity index (χ1v) is 6.37. The van der Waals surface area contributed by atoms with Gasteiger partial charge in [0.05, 0.1) is 5.69 Å². The summed E-state index contributed by atoms with van der Waals surface area (Å²) in [7, 11) is 2.00. The number of rotatable bonds is 1. The van der Waals surface area contributed by atoms with Crippen LogP contribution in [-0.4, -0.2) is 9.55 Å². The molecule has 0 radical (unpaired) electrons. The number of benzene rings is 1. The molecule has 3 rings (SSSR count). The normalized spacial score (nSPS) is 11.2. The molecule has 0 aliphatic rings. The average molecular weight is 264 g/mol. The summed E-state index contributed by atoms with van der Waals surface area (Å²) in [6.07, 6.45) is 2.05. The lowest BCUT2D eigenvalue weighted by atomic mass is 10.1. The Kier molecular flexibility index (Phi) is 2.34. The molecule has 0 aliphatic heterocycles. The predicted octanol–water partition coefficient (Wildman–Crippen LogP) is 3.54. The third-order valence-corrected chi connectivity index (χ3v) is 3.66. The Bertz CT molecular complexity index is 699. The minimum absolute atomic E-state index is 0.589. The molecule has 0 atom stereocenters. The molecule has 0 bridgehead atoms. The van der Waals surface area contributed by atoms with Gasteiger partial charge in [-0.2, -0.15) is 0 Å². The average Bonchev–Trinajstić information content (AvgIpc) is 2.84. The maximum absolute atomic E-state index is 6.00. The van der Waals surface area contributed by atoms with Gasteiger partial charge < -0.3 is 10.3 Å². The summed E-state index contributed by atoms with van der Waals surface area (Å²) >= 11 is 7.45. The molecule has 2 aromatic heterocycles. The fraction of sp³-hybridized carbons (Fsp3) is 0.0833. The Morgan fingerprint density at radius 3 is 2.94 bits per heavy atom. The van der Waals surface area contributed by atoms with Gasteiger partial charge in [0.25, 0.3) is 0 Å². The van der Waals surface area contributed by atoms with Crippen LogP contribution in [-0.2, 0) is 7.05 Å². The van der Waals surface area contributed by atoms with Crippen molar-refractivity contribution in [3.8, 4) is 11.3 Å². The van der Waals surface area contributed by atoms with Gasteiger partial charge in [0.1, 0.15) is 0 Å². The number of hydrogen-bond acceptors (Lipinski definition) is 3. The summed E-state index contributed by atoms with van der Waals surface area (Å²) in [4.78, 5) is 4.32. The fourth-order valence-electron chi connectivity index (χ4n) is 1.97. The summed E-state index contributed by atoms with van der Waals surface area (Å²) in [5.41, 5.74) is 8.77. The van der Waals surface area contributed by atoms with Gasteiger partial charge in [-0.05, 0) is 12.1 Å². The van der Waals surface area contributed by atoms with E-state index in [2.05, 4.69) is 11.2 Å². The summed E-state index contributed by atoms with van der Waals surface area (Å²) in [5.74, 6) is 0. The van der Waals surface area contributed by atoms with Crippen LogP contribution in [0.2, 0.25) is 5.02 Å². The zero-order valence-electron chi connectivity index (χ0n) is 9.14. The van der Waals surface area contributed by atoms with E-state index >= 15 is 0 Å². The molecule has 0 aliphatic carbocycles. The van der Waals surface area contributed by atoms with Crippen molar-refractivity contribution in [2.24, 2.45) is 7.05 Å². The number of halogens is 1. The van der Waals surface area contributed by atoms with Crippen molar-refractivity contribution in [1.29, 1.82) is 0 Å². The first-order chi connectivity index (χ1) is 8.15. The highest BCUT2D eigenvalue weighted by Gasteiger charge is 2.11. The van der Waals surface area contributed by atoms with Gasteiger partial charge in [0.15, 0.2) is 5.13 Å². The lowest BCUT2D eigenvalue weighted by molar-refractivity contribution is 0.970. The first-order valence-electron chi connectivity index (χ1n) is 5.11. The molecule has 2 heterocycles. The third-order valence-electron chi connectivity index (χ3n) is 2.75. The summed E-state index contributed by atoms with van der Waals surface area (Å²) in [6, 6.07) is 5.86. The minimum atomic E-state index is 0.589. The van der Waals surface area contributed by atoms with Gasteiger partial charge in [-0.1, -0.05) is 17.7 Å². The predicted molar refractivity (Wildman–Crippen MR) is 73.4 cm³/mol. The molecule has 0 unspecified atom stereocenters. The van der Waals surface area contributed by atoms with Crippen molar-refractivity contribution >= 4 is 39.0 Å². The van der Waals surface area contributed by atoms with E-state index in [4.69, 9.17) is 17.3 Å². The second-order valence-corrected chi connectivity index (χ2v) is 5.21. The number of aryl methyl sites for hydroxylation is 1. The number of nitrogen functional groups attached to an aromatic ring is 1. The largest absolute Gasteiger partial charge is 0.375 e. The number of aromatic nitrogens is 2. The molecule has 5 heteroatoms. The zero-order chi connectivity index (χ0) is 12.0.